The van der Waals surface area contributed by atoms with Gasteiger partial charge in [-0.05, 0) is 18.6 Å². The zero-order chi connectivity index (χ0) is 13.7. The van der Waals surface area contributed by atoms with E-state index in [4.69, 9.17) is 14.7 Å². The van der Waals surface area contributed by atoms with Gasteiger partial charge in [0.1, 0.15) is 38.1 Å². The van der Waals surface area contributed by atoms with Gasteiger partial charge >= 0.3 is 0 Å². The van der Waals surface area contributed by atoms with E-state index in [1.54, 1.807) is 6.07 Å². The van der Waals surface area contributed by atoms with Crippen molar-refractivity contribution in [1.29, 1.82) is 5.26 Å². The van der Waals surface area contributed by atoms with Crippen molar-refractivity contribution in [2.75, 3.05) is 46.5 Å². The van der Waals surface area contributed by atoms with Gasteiger partial charge in [-0.15, -0.1) is 0 Å². The van der Waals surface area contributed by atoms with Crippen LogP contribution in [0.15, 0.2) is 18.2 Å². The SMILES string of the molecule is Cc1cccc(C#N)c1OCC[N+]1(C)CCOCC1.[Y]. The first kappa shape index (κ1) is 17.6. The van der Waals surface area contributed by atoms with Gasteiger partial charge in [0, 0.05) is 32.7 Å². The predicted octanol–water partition coefficient (Wildman–Crippen LogP) is 1.72. The Labute approximate surface area is 146 Å². The number of aryl methyl sites for hydroxylation is 1. The van der Waals surface area contributed by atoms with Gasteiger partial charge in [-0.3, -0.25) is 0 Å². The first-order valence-corrected chi connectivity index (χ1v) is 6.68. The molecule has 0 saturated carbocycles. The van der Waals surface area contributed by atoms with Gasteiger partial charge in [0.2, 0.25) is 0 Å². The largest absolute Gasteiger partial charge is 0.486 e. The average molecular weight is 350 g/mol. The average Bonchev–Trinajstić information content (AvgIpc) is 2.41. The molecule has 1 aromatic carbocycles. The van der Waals surface area contributed by atoms with E-state index < -0.39 is 0 Å². The quantitative estimate of drug-likeness (QED) is 0.777. The standard InChI is InChI=1S/C15H21N2O2.Y/c1-13-4-3-5-14(12-16)15(13)19-11-8-17(2)6-9-18-10-7-17;/h3-5H,6-11H2,1-2H3;/q+1;. The van der Waals surface area contributed by atoms with Crippen molar-refractivity contribution >= 4 is 0 Å². The van der Waals surface area contributed by atoms with Crippen LogP contribution in [-0.4, -0.2) is 51.0 Å². The minimum atomic E-state index is 0. The van der Waals surface area contributed by atoms with Crippen molar-refractivity contribution in [1.82, 2.24) is 0 Å². The Balaban J connectivity index is 0.00000200. The van der Waals surface area contributed by atoms with Crippen LogP contribution in [0.3, 0.4) is 0 Å². The van der Waals surface area contributed by atoms with Gasteiger partial charge in [0.15, 0.2) is 0 Å². The third kappa shape index (κ3) is 4.53. The summed E-state index contributed by atoms with van der Waals surface area (Å²) in [6.07, 6.45) is 0. The summed E-state index contributed by atoms with van der Waals surface area (Å²) in [6, 6.07) is 7.84. The van der Waals surface area contributed by atoms with Gasteiger partial charge in [0.25, 0.3) is 0 Å². The van der Waals surface area contributed by atoms with E-state index in [-0.39, 0.29) is 32.7 Å². The second-order valence-corrected chi connectivity index (χ2v) is 5.31. The number of morpholine rings is 1. The summed E-state index contributed by atoms with van der Waals surface area (Å²) in [6.45, 7) is 7.26. The second-order valence-electron chi connectivity index (χ2n) is 5.31. The van der Waals surface area contributed by atoms with Crippen molar-refractivity contribution in [3.05, 3.63) is 29.3 Å². The van der Waals surface area contributed by atoms with Crippen LogP contribution in [-0.2, 0) is 37.4 Å². The van der Waals surface area contributed by atoms with E-state index in [2.05, 4.69) is 13.1 Å². The van der Waals surface area contributed by atoms with E-state index in [0.717, 1.165) is 48.6 Å². The molecule has 105 valence electrons. The van der Waals surface area contributed by atoms with E-state index in [1.807, 2.05) is 19.1 Å². The van der Waals surface area contributed by atoms with E-state index in [1.165, 1.54) is 0 Å². The van der Waals surface area contributed by atoms with Crippen molar-refractivity contribution in [2.24, 2.45) is 0 Å². The molecule has 1 radical (unpaired) electrons. The molecule has 20 heavy (non-hydrogen) atoms. The molecule has 0 aliphatic carbocycles. The van der Waals surface area contributed by atoms with E-state index in [0.29, 0.717) is 12.2 Å². The molecule has 1 heterocycles. The molecule has 1 saturated heterocycles. The van der Waals surface area contributed by atoms with Crippen LogP contribution >= 0.6 is 0 Å². The van der Waals surface area contributed by atoms with Crippen molar-refractivity contribution in [2.45, 2.75) is 6.92 Å². The first-order chi connectivity index (χ1) is 9.14. The number of benzene rings is 1. The van der Waals surface area contributed by atoms with Crippen LogP contribution in [0.4, 0.5) is 0 Å². The Kier molecular flexibility index (Phi) is 7.12. The summed E-state index contributed by atoms with van der Waals surface area (Å²) in [7, 11) is 2.23. The zero-order valence-electron chi connectivity index (χ0n) is 12.3. The molecule has 0 amide bonds. The van der Waals surface area contributed by atoms with Crippen molar-refractivity contribution in [3.63, 3.8) is 0 Å². The topological polar surface area (TPSA) is 42.2 Å². The Morgan fingerprint density at radius 3 is 2.70 bits per heavy atom. The number of quaternary nitrogens is 1. The summed E-state index contributed by atoms with van der Waals surface area (Å²) in [4.78, 5) is 0. The second kappa shape index (κ2) is 8.09. The fourth-order valence-corrected chi connectivity index (χ4v) is 2.31. The van der Waals surface area contributed by atoms with Gasteiger partial charge in [-0.25, -0.2) is 0 Å². The van der Waals surface area contributed by atoms with Gasteiger partial charge in [0.05, 0.1) is 25.8 Å². The Morgan fingerprint density at radius 2 is 2.05 bits per heavy atom. The number of likely N-dealkylation sites (N-methyl/N-ethyl adjacent to an activating group) is 1. The molecule has 0 bridgehead atoms. The molecule has 0 spiro atoms. The maximum absolute atomic E-state index is 9.09. The van der Waals surface area contributed by atoms with Crippen LogP contribution in [0.1, 0.15) is 11.1 Å². The third-order valence-corrected chi connectivity index (χ3v) is 3.76. The maximum atomic E-state index is 9.09. The molecule has 5 heteroatoms. The number of nitriles is 1. The van der Waals surface area contributed by atoms with Crippen molar-refractivity contribution < 1.29 is 46.7 Å². The molecule has 1 aromatic rings. The fourth-order valence-electron chi connectivity index (χ4n) is 2.31. The molecular weight excluding hydrogens is 329 g/mol. The molecule has 1 aliphatic rings. The zero-order valence-corrected chi connectivity index (χ0v) is 15.1. The number of nitrogens with zero attached hydrogens (tertiary/aromatic N) is 2. The minimum Gasteiger partial charge on any atom is -0.486 e. The Hall–Kier alpha value is -0.466. The summed E-state index contributed by atoms with van der Waals surface area (Å²) in [5, 5.41) is 9.09. The molecule has 0 unspecified atom stereocenters. The predicted molar refractivity (Wildman–Crippen MR) is 73.0 cm³/mol. The van der Waals surface area contributed by atoms with Gasteiger partial charge in [-0.2, -0.15) is 5.26 Å². The minimum absolute atomic E-state index is 0. The monoisotopic (exact) mass is 350 g/mol. The van der Waals surface area contributed by atoms with Crippen molar-refractivity contribution in [3.8, 4) is 11.8 Å². The molecule has 1 aliphatic heterocycles. The molecule has 2 rings (SSSR count). The molecule has 0 atom stereocenters. The summed E-state index contributed by atoms with van der Waals surface area (Å²) < 4.78 is 12.2. The summed E-state index contributed by atoms with van der Waals surface area (Å²) in [5.74, 6) is 0.727. The van der Waals surface area contributed by atoms with Crippen LogP contribution in [0, 0.1) is 18.3 Å². The number of para-hydroxylation sites is 1. The maximum Gasteiger partial charge on any atom is 0.140 e. The van der Waals surface area contributed by atoms with Crippen LogP contribution < -0.4 is 4.74 Å². The third-order valence-electron chi connectivity index (χ3n) is 3.76. The molecule has 4 nitrogen and oxygen atoms in total. The van der Waals surface area contributed by atoms with Gasteiger partial charge in [-0.1, -0.05) is 12.1 Å². The molecule has 0 aromatic heterocycles. The summed E-state index contributed by atoms with van der Waals surface area (Å²) >= 11 is 0. The van der Waals surface area contributed by atoms with Crippen LogP contribution in [0.2, 0.25) is 0 Å². The Morgan fingerprint density at radius 1 is 1.35 bits per heavy atom. The van der Waals surface area contributed by atoms with Gasteiger partial charge < -0.3 is 14.0 Å². The molecule has 0 N–H and O–H groups in total. The summed E-state index contributed by atoms with van der Waals surface area (Å²) in [5.41, 5.74) is 1.63. The Bertz CT molecular complexity index is 479. The normalized spacial score (nSPS) is 16.9. The smallest absolute Gasteiger partial charge is 0.140 e. The number of hydrogen-bond acceptors (Lipinski definition) is 3. The fraction of sp³-hybridized carbons (Fsp3) is 0.533. The van der Waals surface area contributed by atoms with Crippen LogP contribution in [0.25, 0.3) is 0 Å². The van der Waals surface area contributed by atoms with Crippen LogP contribution in [0.5, 0.6) is 5.75 Å². The first-order valence-electron chi connectivity index (χ1n) is 6.68. The van der Waals surface area contributed by atoms with E-state index >= 15 is 0 Å². The molecule has 1 fully saturated rings. The number of hydrogen-bond donors (Lipinski definition) is 0. The number of rotatable bonds is 4. The van der Waals surface area contributed by atoms with E-state index in [9.17, 15) is 0 Å². The number of ether oxygens (including phenoxy) is 2. The molecular formula is C15H21N2O2Y+.